The van der Waals surface area contributed by atoms with Crippen LogP contribution in [0.15, 0.2) is 23.2 Å². The molecule has 3 N–H and O–H groups in total. The van der Waals surface area contributed by atoms with Crippen molar-refractivity contribution in [3.8, 4) is 11.5 Å². The number of aryl methyl sites for hydroxylation is 1. The van der Waals surface area contributed by atoms with Crippen LogP contribution in [0.2, 0.25) is 0 Å². The average Bonchev–Trinajstić information content (AvgIpc) is 3.25. The number of likely N-dealkylation sites (tertiary alicyclic amines) is 1. The summed E-state index contributed by atoms with van der Waals surface area (Å²) in [5.74, 6) is 2.52. The first-order valence-electron chi connectivity index (χ1n) is 12.1. The Bertz CT molecular complexity index is 849. The zero-order valence-corrected chi connectivity index (χ0v) is 22.9. The van der Waals surface area contributed by atoms with Crippen LogP contribution in [0, 0.1) is 0 Å². The second-order valence-electron chi connectivity index (χ2n) is 8.58. The van der Waals surface area contributed by atoms with E-state index in [1.165, 1.54) is 63.9 Å². The molecule has 33 heavy (non-hydrogen) atoms. The molecule has 1 aromatic heterocycles. The molecule has 0 amide bonds. The maximum absolute atomic E-state index is 5.51. The first-order valence-corrected chi connectivity index (χ1v) is 12.1. The van der Waals surface area contributed by atoms with Crippen molar-refractivity contribution in [2.75, 3.05) is 54.0 Å². The number of rotatable bonds is 12. The quantitative estimate of drug-likeness (QED) is 0.151. The molecule has 0 aliphatic carbocycles. The van der Waals surface area contributed by atoms with Gasteiger partial charge in [0, 0.05) is 43.4 Å². The minimum atomic E-state index is 0. The smallest absolute Gasteiger partial charge is 0.190 e. The zero-order valence-electron chi connectivity index (χ0n) is 20.5. The monoisotopic (exact) mass is 571 g/mol. The number of nitrogens with zero attached hydrogens (tertiary/aromatic N) is 2. The topological polar surface area (TPSA) is 73.9 Å². The third kappa shape index (κ3) is 8.88. The Labute approximate surface area is 216 Å². The normalized spacial score (nSPS) is 14.7. The van der Waals surface area contributed by atoms with Gasteiger partial charge in [-0.15, -0.1) is 24.0 Å². The first kappa shape index (κ1) is 27.6. The van der Waals surface area contributed by atoms with Gasteiger partial charge in [0.1, 0.15) is 11.5 Å². The Hall–Kier alpha value is -1.68. The molecule has 1 aliphatic rings. The summed E-state index contributed by atoms with van der Waals surface area (Å²) in [4.78, 5) is 10.5. The zero-order chi connectivity index (χ0) is 22.6. The number of aliphatic imine (C=N–C) groups is 1. The molecule has 0 spiro atoms. The highest BCUT2D eigenvalue weighted by Gasteiger charge is 2.10. The van der Waals surface area contributed by atoms with Crippen LogP contribution in [-0.2, 0) is 6.42 Å². The number of aromatic nitrogens is 1. The van der Waals surface area contributed by atoms with Gasteiger partial charge in [-0.25, -0.2) is 0 Å². The molecule has 0 unspecified atom stereocenters. The minimum absolute atomic E-state index is 0. The predicted molar refractivity (Wildman–Crippen MR) is 149 cm³/mol. The summed E-state index contributed by atoms with van der Waals surface area (Å²) in [5.41, 5.74) is 2.24. The van der Waals surface area contributed by atoms with Gasteiger partial charge < -0.3 is 30.0 Å². The van der Waals surface area contributed by atoms with Crippen LogP contribution in [0.1, 0.15) is 50.6 Å². The van der Waals surface area contributed by atoms with E-state index in [1.54, 1.807) is 14.2 Å². The highest BCUT2D eigenvalue weighted by molar-refractivity contribution is 14.0. The highest BCUT2D eigenvalue weighted by atomic mass is 127. The Balaban J connectivity index is 0.00000385. The number of hydrogen-bond donors (Lipinski definition) is 3. The van der Waals surface area contributed by atoms with Crippen LogP contribution in [0.4, 0.5) is 0 Å². The van der Waals surface area contributed by atoms with Gasteiger partial charge in [0.05, 0.1) is 19.7 Å². The van der Waals surface area contributed by atoms with E-state index >= 15 is 0 Å². The molecular formula is C25H42IN5O2. The molecule has 8 heteroatoms. The molecule has 3 rings (SSSR count). The number of benzene rings is 1. The van der Waals surface area contributed by atoms with Gasteiger partial charge in [-0.1, -0.05) is 12.8 Å². The third-order valence-electron chi connectivity index (χ3n) is 6.22. The van der Waals surface area contributed by atoms with Crippen molar-refractivity contribution in [2.24, 2.45) is 4.99 Å². The lowest BCUT2D eigenvalue weighted by Crippen LogP contribution is -2.38. The van der Waals surface area contributed by atoms with Gasteiger partial charge in [0.2, 0.25) is 0 Å². The molecule has 0 saturated carbocycles. The minimum Gasteiger partial charge on any atom is -0.497 e. The fourth-order valence-corrected chi connectivity index (χ4v) is 4.39. The Kier molecular flexibility index (Phi) is 12.8. The summed E-state index contributed by atoms with van der Waals surface area (Å²) in [5, 5.41) is 7.96. The summed E-state index contributed by atoms with van der Waals surface area (Å²) >= 11 is 0. The van der Waals surface area contributed by atoms with Crippen LogP contribution in [0.5, 0.6) is 11.5 Å². The molecule has 0 radical (unpaired) electrons. The number of methoxy groups -OCH3 is 2. The molecule has 1 aliphatic heterocycles. The molecule has 186 valence electrons. The third-order valence-corrected chi connectivity index (χ3v) is 6.22. The number of ether oxygens (including phenoxy) is 2. The summed E-state index contributed by atoms with van der Waals surface area (Å²) < 4.78 is 10.9. The Morgan fingerprint density at radius 1 is 0.970 bits per heavy atom. The van der Waals surface area contributed by atoms with Gasteiger partial charge in [-0.05, 0) is 64.2 Å². The van der Waals surface area contributed by atoms with E-state index in [9.17, 15) is 0 Å². The van der Waals surface area contributed by atoms with Crippen LogP contribution >= 0.6 is 24.0 Å². The molecule has 0 bridgehead atoms. The predicted octanol–water partition coefficient (Wildman–Crippen LogP) is 4.56. The van der Waals surface area contributed by atoms with Gasteiger partial charge in [0.15, 0.2) is 5.96 Å². The average molecular weight is 572 g/mol. The molecule has 1 saturated heterocycles. The molecular weight excluding hydrogens is 529 g/mol. The number of H-pyrrole nitrogens is 1. The van der Waals surface area contributed by atoms with Gasteiger partial charge in [0.25, 0.3) is 0 Å². The molecule has 2 heterocycles. The van der Waals surface area contributed by atoms with E-state index in [0.29, 0.717) is 0 Å². The summed E-state index contributed by atoms with van der Waals surface area (Å²) in [6.07, 6.45) is 9.92. The second-order valence-corrected chi connectivity index (χ2v) is 8.58. The molecule has 0 atom stereocenters. The van der Waals surface area contributed by atoms with Crippen molar-refractivity contribution in [3.63, 3.8) is 0 Å². The number of aromatic amines is 1. The first-order chi connectivity index (χ1) is 15.7. The van der Waals surface area contributed by atoms with E-state index < -0.39 is 0 Å². The molecule has 1 fully saturated rings. The summed E-state index contributed by atoms with van der Waals surface area (Å²) in [6, 6.07) is 6.10. The van der Waals surface area contributed by atoms with Gasteiger partial charge in [-0.2, -0.15) is 0 Å². The maximum Gasteiger partial charge on any atom is 0.190 e. The molecule has 2 aromatic rings. The van der Waals surface area contributed by atoms with E-state index in [0.717, 1.165) is 54.3 Å². The number of piperidine rings is 1. The lowest BCUT2D eigenvalue weighted by molar-refractivity contribution is 0.224. The summed E-state index contributed by atoms with van der Waals surface area (Å²) in [7, 11) is 5.20. The van der Waals surface area contributed by atoms with Crippen molar-refractivity contribution in [1.29, 1.82) is 0 Å². The van der Waals surface area contributed by atoms with Crippen LogP contribution in [0.3, 0.4) is 0 Å². The SMILES string of the molecule is CN=C(NCCCCCN1CCCCC1)NCCCc1cc2c(OC)cc(OC)cc2[nH]1.I. The lowest BCUT2D eigenvalue weighted by Gasteiger charge is -2.26. The standard InChI is InChI=1S/C25H41N5O2.HI/c1-26-25(27-12-6-4-7-14-30-15-8-5-9-16-30)28-13-10-11-20-17-22-23(29-20)18-21(31-2)19-24(22)32-3;/h17-19,29H,4-16H2,1-3H3,(H2,26,27,28);1H. The number of nitrogens with one attached hydrogen (secondary N) is 3. The van der Waals surface area contributed by atoms with Crippen molar-refractivity contribution in [3.05, 3.63) is 23.9 Å². The fraction of sp³-hybridized carbons (Fsp3) is 0.640. The van der Waals surface area contributed by atoms with Crippen LogP contribution in [0.25, 0.3) is 10.9 Å². The van der Waals surface area contributed by atoms with Gasteiger partial charge >= 0.3 is 0 Å². The molecule has 1 aromatic carbocycles. The highest BCUT2D eigenvalue weighted by Crippen LogP contribution is 2.31. The number of fused-ring (bicyclic) bond motifs is 1. The molecule has 7 nitrogen and oxygen atoms in total. The van der Waals surface area contributed by atoms with Crippen molar-refractivity contribution in [2.45, 2.75) is 51.4 Å². The number of halogens is 1. The van der Waals surface area contributed by atoms with E-state index in [-0.39, 0.29) is 24.0 Å². The van der Waals surface area contributed by atoms with Crippen molar-refractivity contribution >= 4 is 40.8 Å². The van der Waals surface area contributed by atoms with Crippen molar-refractivity contribution in [1.82, 2.24) is 20.5 Å². The van der Waals surface area contributed by atoms with Crippen LogP contribution < -0.4 is 20.1 Å². The van der Waals surface area contributed by atoms with Gasteiger partial charge in [-0.3, -0.25) is 4.99 Å². The lowest BCUT2D eigenvalue weighted by atomic mass is 10.1. The maximum atomic E-state index is 5.51. The number of hydrogen-bond acceptors (Lipinski definition) is 4. The summed E-state index contributed by atoms with van der Waals surface area (Å²) in [6.45, 7) is 5.72. The van der Waals surface area contributed by atoms with E-state index in [1.807, 2.05) is 19.2 Å². The van der Waals surface area contributed by atoms with E-state index in [2.05, 4.69) is 31.6 Å². The van der Waals surface area contributed by atoms with Crippen LogP contribution in [-0.4, -0.2) is 69.8 Å². The van der Waals surface area contributed by atoms with Crippen molar-refractivity contribution < 1.29 is 9.47 Å². The number of unbranched alkanes of at least 4 members (excludes halogenated alkanes) is 2. The largest absolute Gasteiger partial charge is 0.497 e. The second kappa shape index (κ2) is 15.3. The Morgan fingerprint density at radius 3 is 2.42 bits per heavy atom. The number of guanidine groups is 1. The van der Waals surface area contributed by atoms with E-state index in [4.69, 9.17) is 9.47 Å². The fourth-order valence-electron chi connectivity index (χ4n) is 4.39. The Morgan fingerprint density at radius 2 is 1.73 bits per heavy atom.